The quantitative estimate of drug-likeness (QED) is 0.282. The van der Waals surface area contributed by atoms with Gasteiger partial charge in [0.1, 0.15) is 0 Å². The van der Waals surface area contributed by atoms with Crippen LogP contribution in [0.25, 0.3) is 0 Å². The number of rotatable bonds is 6. The molecule has 4 rings (SSSR count). The van der Waals surface area contributed by atoms with E-state index in [0.29, 0.717) is 35.5 Å². The Morgan fingerprint density at radius 2 is 0.950 bits per heavy atom. The fourth-order valence-electron chi connectivity index (χ4n) is 6.78. The maximum Gasteiger partial charge on any atom is 0.169 e. The molecule has 0 saturated heterocycles. The van der Waals surface area contributed by atoms with Gasteiger partial charge in [0.2, 0.25) is 0 Å². The fourth-order valence-corrected chi connectivity index (χ4v) is 6.78. The Bertz CT molecular complexity index is 1040. The van der Waals surface area contributed by atoms with Gasteiger partial charge in [-0.1, -0.05) is 89.8 Å². The molecule has 2 aromatic carbocycles. The number of hydrogen-bond acceptors (Lipinski definition) is 2. The van der Waals surface area contributed by atoms with Crippen molar-refractivity contribution in [3.63, 3.8) is 0 Å². The second-order valence-corrected chi connectivity index (χ2v) is 13.7. The molecule has 0 spiro atoms. The van der Waals surface area contributed by atoms with Crippen molar-refractivity contribution in [2.75, 3.05) is 10.6 Å². The van der Waals surface area contributed by atoms with Gasteiger partial charge < -0.3 is 10.6 Å². The highest BCUT2D eigenvalue weighted by Gasteiger charge is 2.33. The van der Waals surface area contributed by atoms with Crippen LogP contribution in [-0.4, -0.2) is 23.8 Å². The highest BCUT2D eigenvalue weighted by Crippen LogP contribution is 2.37. The number of benzene rings is 2. The molecule has 0 aliphatic heterocycles. The minimum absolute atomic E-state index is 0.285. The molecule has 2 aromatic rings. The highest BCUT2D eigenvalue weighted by molar-refractivity contribution is 6.48. The molecule has 0 bridgehead atoms. The molecule has 0 radical (unpaired) electrons. The topological polar surface area (TPSA) is 48.8 Å². The van der Waals surface area contributed by atoms with Crippen LogP contribution in [0.3, 0.4) is 0 Å². The van der Waals surface area contributed by atoms with E-state index < -0.39 is 0 Å². The Morgan fingerprint density at radius 3 is 1.27 bits per heavy atom. The molecule has 0 heterocycles. The summed E-state index contributed by atoms with van der Waals surface area (Å²) in [5, 5.41) is 7.52. The lowest BCUT2D eigenvalue weighted by atomic mass is 9.74. The number of aliphatic imine (C=N–C) groups is 2. The van der Waals surface area contributed by atoms with Crippen molar-refractivity contribution >= 4 is 23.0 Å². The Labute approximate surface area is 244 Å². The van der Waals surface area contributed by atoms with E-state index in [4.69, 9.17) is 9.98 Å². The zero-order valence-corrected chi connectivity index (χ0v) is 26.4. The fraction of sp³-hybridized carbons (Fsp3) is 0.611. The molecule has 4 heteroatoms. The van der Waals surface area contributed by atoms with Crippen LogP contribution in [0.2, 0.25) is 0 Å². The third-order valence-corrected chi connectivity index (χ3v) is 9.42. The van der Waals surface area contributed by atoms with E-state index in [0.717, 1.165) is 35.9 Å². The maximum absolute atomic E-state index is 5.59. The minimum Gasteiger partial charge on any atom is -0.337 e. The van der Waals surface area contributed by atoms with Crippen molar-refractivity contribution in [1.82, 2.24) is 0 Å². The molecule has 0 amide bonds. The van der Waals surface area contributed by atoms with E-state index in [1.54, 1.807) is 0 Å². The van der Waals surface area contributed by atoms with Gasteiger partial charge in [-0.15, -0.1) is 0 Å². The van der Waals surface area contributed by atoms with Crippen LogP contribution in [0.1, 0.15) is 91.2 Å². The van der Waals surface area contributed by atoms with E-state index in [9.17, 15) is 0 Å². The summed E-state index contributed by atoms with van der Waals surface area (Å²) < 4.78 is 0. The Morgan fingerprint density at radius 1 is 0.600 bits per heavy atom. The van der Waals surface area contributed by atoms with Crippen molar-refractivity contribution in [2.24, 2.45) is 45.5 Å². The standard InChI is InChI=1S/C36H54N4/c1-23(2)31-19-13-27(7)21-33(31)39-35(37-29-15-9-25(5)10-16-29)36(38-30-17-11-26(6)12-18-30)40-34-22-28(8)14-20-32(34)24(3)4/h9-12,15-18,23-24,27-28,31-34H,13-14,19-22H2,1-8H3,(H,37,39)(H,38,40)/t27-,28-,31-,32+,33-,34-/m1/s1. The number of anilines is 2. The van der Waals surface area contributed by atoms with Crippen LogP contribution in [0.15, 0.2) is 58.5 Å². The molecular weight excluding hydrogens is 488 g/mol. The maximum atomic E-state index is 5.59. The smallest absolute Gasteiger partial charge is 0.169 e. The predicted octanol–water partition coefficient (Wildman–Crippen LogP) is 9.55. The van der Waals surface area contributed by atoms with Crippen molar-refractivity contribution in [1.29, 1.82) is 0 Å². The van der Waals surface area contributed by atoms with Gasteiger partial charge in [-0.05, 0) is 99.3 Å². The zero-order chi connectivity index (χ0) is 28.8. The summed E-state index contributed by atoms with van der Waals surface area (Å²) in [4.78, 5) is 11.2. The van der Waals surface area contributed by atoms with Gasteiger partial charge in [0.05, 0.1) is 12.1 Å². The first-order valence-corrected chi connectivity index (χ1v) is 15.9. The molecule has 0 aromatic heterocycles. The van der Waals surface area contributed by atoms with Gasteiger partial charge in [-0.2, -0.15) is 0 Å². The summed E-state index contributed by atoms with van der Waals surface area (Å²) in [6.45, 7) is 18.5. The van der Waals surface area contributed by atoms with Gasteiger partial charge in [0, 0.05) is 11.4 Å². The molecule has 2 saturated carbocycles. The summed E-state index contributed by atoms with van der Waals surface area (Å²) in [5.41, 5.74) is 4.63. The Balaban J connectivity index is 1.82. The van der Waals surface area contributed by atoms with Gasteiger partial charge in [0.25, 0.3) is 0 Å². The number of nitrogens with zero attached hydrogens (tertiary/aromatic N) is 2. The minimum atomic E-state index is 0.285. The molecule has 218 valence electrons. The second-order valence-electron chi connectivity index (χ2n) is 13.7. The Hall–Kier alpha value is -2.62. The first kappa shape index (κ1) is 30.3. The molecule has 2 aliphatic rings. The summed E-state index contributed by atoms with van der Waals surface area (Å²) in [6, 6.07) is 17.9. The molecule has 4 nitrogen and oxygen atoms in total. The van der Waals surface area contributed by atoms with E-state index in [1.807, 2.05) is 0 Å². The first-order valence-electron chi connectivity index (χ1n) is 15.9. The lowest BCUT2D eigenvalue weighted by Gasteiger charge is -2.36. The lowest BCUT2D eigenvalue weighted by Crippen LogP contribution is -2.39. The highest BCUT2D eigenvalue weighted by atomic mass is 15.1. The summed E-state index contributed by atoms with van der Waals surface area (Å²) >= 11 is 0. The van der Waals surface area contributed by atoms with Crippen LogP contribution in [0.4, 0.5) is 11.4 Å². The van der Waals surface area contributed by atoms with Gasteiger partial charge in [-0.3, -0.25) is 9.98 Å². The van der Waals surface area contributed by atoms with Crippen molar-refractivity contribution in [3.8, 4) is 0 Å². The zero-order valence-electron chi connectivity index (χ0n) is 26.4. The molecule has 6 atom stereocenters. The van der Waals surface area contributed by atoms with Crippen LogP contribution < -0.4 is 10.6 Å². The number of nitrogens with one attached hydrogen (secondary N) is 2. The lowest BCUT2D eigenvalue weighted by molar-refractivity contribution is 0.200. The summed E-state index contributed by atoms with van der Waals surface area (Å²) in [5.74, 6) is 5.55. The van der Waals surface area contributed by atoms with Crippen molar-refractivity contribution in [3.05, 3.63) is 59.7 Å². The second kappa shape index (κ2) is 13.8. The van der Waals surface area contributed by atoms with Crippen LogP contribution >= 0.6 is 0 Å². The van der Waals surface area contributed by atoms with E-state index in [2.05, 4.69) is 115 Å². The van der Waals surface area contributed by atoms with Crippen molar-refractivity contribution in [2.45, 2.75) is 106 Å². The summed E-state index contributed by atoms with van der Waals surface area (Å²) in [7, 11) is 0. The average molecular weight is 543 g/mol. The molecule has 2 N–H and O–H groups in total. The van der Waals surface area contributed by atoms with E-state index >= 15 is 0 Å². The van der Waals surface area contributed by atoms with Gasteiger partial charge in [-0.25, -0.2) is 0 Å². The molecule has 40 heavy (non-hydrogen) atoms. The largest absolute Gasteiger partial charge is 0.337 e. The number of aryl methyl sites for hydroxylation is 2. The third-order valence-electron chi connectivity index (χ3n) is 9.42. The molecular formula is C36H54N4. The normalized spacial score (nSPS) is 28.1. The van der Waals surface area contributed by atoms with Crippen LogP contribution in [0, 0.1) is 49.4 Å². The first-order chi connectivity index (χ1) is 19.1. The van der Waals surface area contributed by atoms with Crippen LogP contribution in [-0.2, 0) is 0 Å². The summed E-state index contributed by atoms with van der Waals surface area (Å²) in [6.07, 6.45) is 7.36. The van der Waals surface area contributed by atoms with E-state index in [-0.39, 0.29) is 12.1 Å². The molecule has 0 unspecified atom stereocenters. The Kier molecular flexibility index (Phi) is 10.5. The number of hydrogen-bond donors (Lipinski definition) is 2. The molecule has 2 aliphatic carbocycles. The van der Waals surface area contributed by atoms with E-state index in [1.165, 1.54) is 36.8 Å². The predicted molar refractivity (Wildman–Crippen MR) is 175 cm³/mol. The average Bonchev–Trinajstić information content (AvgIpc) is 2.90. The van der Waals surface area contributed by atoms with Crippen LogP contribution in [0.5, 0.6) is 0 Å². The molecule has 2 fully saturated rings. The van der Waals surface area contributed by atoms with Gasteiger partial charge in [0.15, 0.2) is 11.7 Å². The van der Waals surface area contributed by atoms with Gasteiger partial charge >= 0.3 is 0 Å². The third kappa shape index (κ3) is 8.21. The SMILES string of the molecule is Cc1ccc(NC(=N[C@@H]2C[C@H](C)CC[C@@H]2C(C)C)C(=N[C@@H]2C[C@H](C)CC[C@H]2C(C)C)Nc2ccc(C)cc2)cc1. The number of amidine groups is 2. The monoisotopic (exact) mass is 542 g/mol. The van der Waals surface area contributed by atoms with Crippen molar-refractivity contribution < 1.29 is 0 Å².